The Kier molecular flexibility index (Phi) is 2.44. The predicted molar refractivity (Wildman–Crippen MR) is 55.4 cm³/mol. The Bertz CT molecular complexity index is 366. The van der Waals surface area contributed by atoms with E-state index in [4.69, 9.17) is 4.74 Å². The second-order valence-corrected chi connectivity index (χ2v) is 3.72. The highest BCUT2D eigenvalue weighted by molar-refractivity contribution is 5.86. The molecule has 2 atom stereocenters. The molecule has 15 heavy (non-hydrogen) atoms. The molecule has 4 nitrogen and oxygen atoms in total. The molecule has 0 aromatic carbocycles. The Labute approximate surface area is 88.7 Å². The molecule has 1 saturated carbocycles. The smallest absolute Gasteiger partial charge is 0.326 e. The summed E-state index contributed by atoms with van der Waals surface area (Å²) in [5.74, 6) is -0.0724. The highest BCUT2D eigenvalue weighted by Crippen LogP contribution is 2.51. The normalized spacial score (nSPS) is 28.5. The highest BCUT2D eigenvalue weighted by Gasteiger charge is 2.61. The second-order valence-electron chi connectivity index (χ2n) is 3.72. The van der Waals surface area contributed by atoms with Gasteiger partial charge in [-0.05, 0) is 25.6 Å². The van der Waals surface area contributed by atoms with Crippen LogP contribution in [0.15, 0.2) is 24.4 Å². The lowest BCUT2D eigenvalue weighted by Gasteiger charge is -2.13. The zero-order valence-electron chi connectivity index (χ0n) is 8.86. The number of likely N-dealkylation sites (N-methyl/N-ethyl adjacent to an activating group) is 1. The van der Waals surface area contributed by atoms with Gasteiger partial charge in [0.2, 0.25) is 0 Å². The van der Waals surface area contributed by atoms with Crippen molar-refractivity contribution in [3.8, 4) is 0 Å². The Morgan fingerprint density at radius 1 is 1.67 bits per heavy atom. The average molecular weight is 206 g/mol. The molecule has 0 amide bonds. The molecule has 1 fully saturated rings. The van der Waals surface area contributed by atoms with Crippen LogP contribution in [-0.4, -0.2) is 30.6 Å². The van der Waals surface area contributed by atoms with E-state index in [0.29, 0.717) is 0 Å². The molecule has 1 aliphatic carbocycles. The van der Waals surface area contributed by atoms with Gasteiger partial charge in [0.05, 0.1) is 7.11 Å². The molecular formula is C11H14N2O2. The van der Waals surface area contributed by atoms with Crippen LogP contribution >= 0.6 is 0 Å². The van der Waals surface area contributed by atoms with Crippen molar-refractivity contribution < 1.29 is 9.53 Å². The molecule has 80 valence electrons. The number of carbonyl (C=O) groups is 1. The Hall–Kier alpha value is -1.42. The van der Waals surface area contributed by atoms with Gasteiger partial charge in [-0.25, -0.2) is 0 Å². The summed E-state index contributed by atoms with van der Waals surface area (Å²) in [6, 6.07) is 5.73. The lowest BCUT2D eigenvalue weighted by molar-refractivity contribution is -0.144. The van der Waals surface area contributed by atoms with E-state index >= 15 is 0 Å². The number of rotatable bonds is 3. The van der Waals surface area contributed by atoms with Gasteiger partial charge in [0.15, 0.2) is 0 Å². The van der Waals surface area contributed by atoms with Gasteiger partial charge in [-0.1, -0.05) is 6.07 Å². The average Bonchev–Trinajstić information content (AvgIpc) is 3.05. The minimum atomic E-state index is -0.552. The first kappa shape index (κ1) is 10.1. The topological polar surface area (TPSA) is 51.2 Å². The molecule has 0 saturated heterocycles. The molecule has 1 N–H and O–H groups in total. The Morgan fingerprint density at radius 3 is 3.00 bits per heavy atom. The molecule has 0 aliphatic heterocycles. The zero-order valence-corrected chi connectivity index (χ0v) is 8.86. The number of pyridine rings is 1. The number of carbonyl (C=O) groups excluding carboxylic acids is 1. The van der Waals surface area contributed by atoms with Gasteiger partial charge < -0.3 is 10.1 Å². The summed E-state index contributed by atoms with van der Waals surface area (Å²) in [6.07, 6.45) is 2.50. The van der Waals surface area contributed by atoms with Gasteiger partial charge in [-0.2, -0.15) is 0 Å². The number of aromatic nitrogens is 1. The molecule has 2 unspecified atom stereocenters. The van der Waals surface area contributed by atoms with Crippen molar-refractivity contribution >= 4 is 5.97 Å². The van der Waals surface area contributed by atoms with Crippen LogP contribution in [0.2, 0.25) is 0 Å². The molecule has 1 heterocycles. The van der Waals surface area contributed by atoms with Crippen molar-refractivity contribution in [2.75, 3.05) is 14.2 Å². The molecular weight excluding hydrogens is 192 g/mol. The van der Waals surface area contributed by atoms with Crippen LogP contribution in [0.5, 0.6) is 0 Å². The summed E-state index contributed by atoms with van der Waals surface area (Å²) in [5.41, 5.74) is 0.389. The van der Waals surface area contributed by atoms with E-state index < -0.39 is 5.54 Å². The fraction of sp³-hybridized carbons (Fsp3) is 0.455. The third kappa shape index (κ3) is 1.51. The number of nitrogens with one attached hydrogen (secondary N) is 1. The molecule has 0 bridgehead atoms. The third-order valence-electron chi connectivity index (χ3n) is 3.00. The first-order valence-electron chi connectivity index (χ1n) is 4.93. The first-order chi connectivity index (χ1) is 7.24. The van der Waals surface area contributed by atoms with Gasteiger partial charge in [-0.3, -0.25) is 9.78 Å². The van der Waals surface area contributed by atoms with E-state index in [1.165, 1.54) is 7.11 Å². The summed E-state index contributed by atoms with van der Waals surface area (Å²) in [6.45, 7) is 0. The second kappa shape index (κ2) is 3.62. The Balaban J connectivity index is 2.20. The standard InChI is InChI=1S/C11H14N2O2/c1-12-11(10(14)15-2)7-8(11)9-5-3-4-6-13-9/h3-6,8,12H,7H2,1-2H3. The van der Waals surface area contributed by atoms with Crippen molar-refractivity contribution in [2.45, 2.75) is 17.9 Å². The third-order valence-corrected chi connectivity index (χ3v) is 3.00. The minimum absolute atomic E-state index is 0.135. The van der Waals surface area contributed by atoms with Gasteiger partial charge in [0, 0.05) is 17.8 Å². The fourth-order valence-corrected chi connectivity index (χ4v) is 1.99. The molecule has 1 aromatic rings. The van der Waals surface area contributed by atoms with E-state index in [2.05, 4.69) is 10.3 Å². The lowest BCUT2D eigenvalue weighted by atomic mass is 10.1. The summed E-state index contributed by atoms with van der Waals surface area (Å²) >= 11 is 0. The molecule has 0 radical (unpaired) electrons. The molecule has 1 aliphatic rings. The lowest BCUT2D eigenvalue weighted by Crippen LogP contribution is -2.39. The number of nitrogens with zero attached hydrogens (tertiary/aromatic N) is 1. The van der Waals surface area contributed by atoms with Crippen molar-refractivity contribution in [1.29, 1.82) is 0 Å². The first-order valence-corrected chi connectivity index (χ1v) is 4.93. The number of ether oxygens (including phenoxy) is 1. The van der Waals surface area contributed by atoms with E-state index in [1.54, 1.807) is 13.2 Å². The summed E-state index contributed by atoms with van der Waals surface area (Å²) in [7, 11) is 3.19. The van der Waals surface area contributed by atoms with E-state index in [-0.39, 0.29) is 11.9 Å². The highest BCUT2D eigenvalue weighted by atomic mass is 16.5. The maximum absolute atomic E-state index is 11.6. The SMILES string of the molecule is CNC1(C(=O)OC)CC1c1ccccn1. The van der Waals surface area contributed by atoms with E-state index in [1.807, 2.05) is 18.2 Å². The van der Waals surface area contributed by atoms with Crippen LogP contribution in [0, 0.1) is 0 Å². The monoisotopic (exact) mass is 206 g/mol. The van der Waals surface area contributed by atoms with E-state index in [0.717, 1.165) is 12.1 Å². The summed E-state index contributed by atoms with van der Waals surface area (Å²) in [5, 5.41) is 3.04. The fourth-order valence-electron chi connectivity index (χ4n) is 1.99. The zero-order chi connectivity index (χ0) is 10.9. The van der Waals surface area contributed by atoms with Crippen molar-refractivity contribution in [1.82, 2.24) is 10.3 Å². The number of esters is 1. The number of hydrogen-bond donors (Lipinski definition) is 1. The van der Waals surface area contributed by atoms with Crippen molar-refractivity contribution in [3.05, 3.63) is 30.1 Å². The molecule has 2 rings (SSSR count). The van der Waals surface area contributed by atoms with Crippen molar-refractivity contribution in [3.63, 3.8) is 0 Å². The molecule has 0 spiro atoms. The minimum Gasteiger partial charge on any atom is -0.468 e. The summed E-state index contributed by atoms with van der Waals surface area (Å²) in [4.78, 5) is 15.9. The van der Waals surface area contributed by atoms with Crippen LogP contribution < -0.4 is 5.32 Å². The van der Waals surface area contributed by atoms with Crippen LogP contribution in [0.4, 0.5) is 0 Å². The quantitative estimate of drug-likeness (QED) is 0.740. The van der Waals surface area contributed by atoms with Crippen molar-refractivity contribution in [2.24, 2.45) is 0 Å². The van der Waals surface area contributed by atoms with Crippen LogP contribution in [0.3, 0.4) is 0 Å². The van der Waals surface area contributed by atoms with Gasteiger partial charge in [0.25, 0.3) is 0 Å². The Morgan fingerprint density at radius 2 is 2.47 bits per heavy atom. The molecule has 1 aromatic heterocycles. The van der Waals surface area contributed by atoms with Gasteiger partial charge >= 0.3 is 5.97 Å². The largest absolute Gasteiger partial charge is 0.468 e. The maximum Gasteiger partial charge on any atom is 0.326 e. The molecule has 4 heteroatoms. The van der Waals surface area contributed by atoms with Crippen LogP contribution in [0.1, 0.15) is 18.0 Å². The maximum atomic E-state index is 11.6. The number of methoxy groups -OCH3 is 1. The van der Waals surface area contributed by atoms with Crippen LogP contribution in [0.25, 0.3) is 0 Å². The predicted octanol–water partition coefficient (Wildman–Crippen LogP) is 0.700. The summed E-state index contributed by atoms with van der Waals surface area (Å²) < 4.78 is 4.79. The van der Waals surface area contributed by atoms with E-state index in [9.17, 15) is 4.79 Å². The van der Waals surface area contributed by atoms with Crippen LogP contribution in [-0.2, 0) is 9.53 Å². The number of hydrogen-bond acceptors (Lipinski definition) is 4. The van der Waals surface area contributed by atoms with Gasteiger partial charge in [-0.15, -0.1) is 0 Å². The van der Waals surface area contributed by atoms with Gasteiger partial charge in [0.1, 0.15) is 5.54 Å².